The maximum atomic E-state index is 12.1. The molecule has 0 spiro atoms. The van der Waals surface area contributed by atoms with Crippen LogP contribution >= 0.6 is 0 Å². The number of ether oxygens (including phenoxy) is 1. The molecule has 0 aromatic heterocycles. The Kier molecular flexibility index (Phi) is 5.33. The monoisotopic (exact) mass is 338 g/mol. The van der Waals surface area contributed by atoms with Gasteiger partial charge in [0.25, 0.3) is 0 Å². The Hall–Kier alpha value is -2.82. The minimum absolute atomic E-state index is 0.00141. The van der Waals surface area contributed by atoms with E-state index in [9.17, 15) is 9.59 Å². The average molecular weight is 338 g/mol. The first-order valence-corrected chi connectivity index (χ1v) is 8.45. The third-order valence-electron chi connectivity index (χ3n) is 4.30. The molecule has 0 aliphatic carbocycles. The number of rotatable bonds is 6. The van der Waals surface area contributed by atoms with E-state index in [1.807, 2.05) is 36.4 Å². The Balaban J connectivity index is 1.49. The molecule has 1 aliphatic heterocycles. The summed E-state index contributed by atoms with van der Waals surface area (Å²) >= 11 is 0. The summed E-state index contributed by atoms with van der Waals surface area (Å²) < 4.78 is 5.17. The van der Waals surface area contributed by atoms with E-state index in [0.717, 1.165) is 35.4 Å². The van der Waals surface area contributed by atoms with E-state index < -0.39 is 0 Å². The van der Waals surface area contributed by atoms with Gasteiger partial charge in [-0.1, -0.05) is 24.3 Å². The summed E-state index contributed by atoms with van der Waals surface area (Å²) in [6, 6.07) is 13.6. The lowest BCUT2D eigenvalue weighted by molar-refractivity contribution is -0.120. The maximum absolute atomic E-state index is 12.1. The summed E-state index contributed by atoms with van der Waals surface area (Å²) in [7, 11) is 1.61. The van der Waals surface area contributed by atoms with E-state index in [1.165, 1.54) is 5.56 Å². The van der Waals surface area contributed by atoms with Crippen LogP contribution in [0.25, 0.3) is 0 Å². The maximum Gasteiger partial charge on any atom is 0.224 e. The van der Waals surface area contributed by atoms with Gasteiger partial charge in [0, 0.05) is 18.7 Å². The Morgan fingerprint density at radius 3 is 2.88 bits per heavy atom. The average Bonchev–Trinajstić information content (AvgIpc) is 2.62. The number of hydrogen-bond donors (Lipinski definition) is 2. The molecule has 0 atom stereocenters. The summed E-state index contributed by atoms with van der Waals surface area (Å²) in [5, 5.41) is 5.83. The minimum atomic E-state index is -0.00141. The molecule has 1 aliphatic rings. The number of carbonyl (C=O) groups excluding carboxylic acids is 2. The van der Waals surface area contributed by atoms with Crippen molar-refractivity contribution >= 4 is 17.5 Å². The van der Waals surface area contributed by atoms with E-state index in [2.05, 4.69) is 16.7 Å². The van der Waals surface area contributed by atoms with E-state index in [4.69, 9.17) is 4.74 Å². The first kappa shape index (κ1) is 17.0. The van der Waals surface area contributed by atoms with Crippen LogP contribution in [0.15, 0.2) is 42.5 Å². The molecule has 5 nitrogen and oxygen atoms in total. The van der Waals surface area contributed by atoms with E-state index in [1.54, 1.807) is 7.11 Å². The Labute approximate surface area is 147 Å². The zero-order valence-corrected chi connectivity index (χ0v) is 14.3. The fourth-order valence-electron chi connectivity index (χ4n) is 2.97. The van der Waals surface area contributed by atoms with Crippen molar-refractivity contribution in [3.05, 3.63) is 59.2 Å². The number of methoxy groups -OCH3 is 1. The van der Waals surface area contributed by atoms with Crippen LogP contribution in [0.4, 0.5) is 5.69 Å². The first-order chi connectivity index (χ1) is 12.1. The molecule has 2 N–H and O–H groups in total. The molecule has 0 bridgehead atoms. The second-order valence-electron chi connectivity index (χ2n) is 6.17. The highest BCUT2D eigenvalue weighted by Crippen LogP contribution is 2.23. The molecule has 2 aromatic carbocycles. The molecule has 3 rings (SSSR count). The van der Waals surface area contributed by atoms with E-state index >= 15 is 0 Å². The molecule has 25 heavy (non-hydrogen) atoms. The lowest BCUT2D eigenvalue weighted by atomic mass is 9.99. The molecular weight excluding hydrogens is 316 g/mol. The SMILES string of the molecule is COc1cccc(CC(=O)NCCc2ccc3c(c2)CCC(=O)N3)c1. The van der Waals surface area contributed by atoms with Crippen molar-refractivity contribution in [2.45, 2.75) is 25.7 Å². The van der Waals surface area contributed by atoms with Crippen LogP contribution < -0.4 is 15.4 Å². The number of benzene rings is 2. The molecule has 1 heterocycles. The van der Waals surface area contributed by atoms with Gasteiger partial charge in [-0.05, 0) is 47.7 Å². The van der Waals surface area contributed by atoms with Gasteiger partial charge in [-0.15, -0.1) is 0 Å². The normalized spacial score (nSPS) is 12.9. The molecule has 2 amide bonds. The summed E-state index contributed by atoms with van der Waals surface area (Å²) in [6.45, 7) is 0.591. The smallest absolute Gasteiger partial charge is 0.224 e. The van der Waals surface area contributed by atoms with Crippen molar-refractivity contribution < 1.29 is 14.3 Å². The zero-order chi connectivity index (χ0) is 17.6. The van der Waals surface area contributed by atoms with Crippen LogP contribution in [-0.4, -0.2) is 25.5 Å². The van der Waals surface area contributed by atoms with Gasteiger partial charge in [-0.25, -0.2) is 0 Å². The van der Waals surface area contributed by atoms with Gasteiger partial charge in [0.2, 0.25) is 11.8 Å². The summed E-state index contributed by atoms with van der Waals surface area (Å²) in [4.78, 5) is 23.5. The van der Waals surface area contributed by atoms with Gasteiger partial charge in [0.05, 0.1) is 13.5 Å². The van der Waals surface area contributed by atoms with Crippen molar-refractivity contribution in [2.24, 2.45) is 0 Å². The summed E-state index contributed by atoms with van der Waals surface area (Å²) in [5.74, 6) is 0.829. The highest BCUT2D eigenvalue weighted by molar-refractivity contribution is 5.93. The molecular formula is C20H22N2O3. The van der Waals surface area contributed by atoms with E-state index in [-0.39, 0.29) is 11.8 Å². The molecule has 0 saturated heterocycles. The Bertz CT molecular complexity index is 786. The number of carbonyl (C=O) groups is 2. The Morgan fingerprint density at radius 2 is 2.04 bits per heavy atom. The Morgan fingerprint density at radius 1 is 1.16 bits per heavy atom. The molecule has 5 heteroatoms. The van der Waals surface area contributed by atoms with Gasteiger partial charge < -0.3 is 15.4 Å². The third-order valence-corrected chi connectivity index (χ3v) is 4.30. The first-order valence-electron chi connectivity index (χ1n) is 8.45. The minimum Gasteiger partial charge on any atom is -0.497 e. The zero-order valence-electron chi connectivity index (χ0n) is 14.3. The predicted octanol–water partition coefficient (Wildman–Crippen LogP) is 2.48. The lowest BCUT2D eigenvalue weighted by Crippen LogP contribution is -2.27. The van der Waals surface area contributed by atoms with Crippen LogP contribution in [0.3, 0.4) is 0 Å². The van der Waals surface area contributed by atoms with Gasteiger partial charge in [0.1, 0.15) is 5.75 Å². The van der Waals surface area contributed by atoms with Gasteiger partial charge in [0.15, 0.2) is 0 Å². The summed E-state index contributed by atoms with van der Waals surface area (Å²) in [6.07, 6.45) is 2.42. The molecule has 0 fully saturated rings. The standard InChI is InChI=1S/C20H22N2O3/c1-25-17-4-2-3-15(12-17)13-20(24)21-10-9-14-5-7-18-16(11-14)6-8-19(23)22-18/h2-5,7,11-12H,6,8-10,13H2,1H3,(H,21,24)(H,22,23). The van der Waals surface area contributed by atoms with Crippen molar-refractivity contribution in [3.8, 4) is 5.75 Å². The van der Waals surface area contributed by atoms with Crippen LogP contribution in [0.2, 0.25) is 0 Å². The number of nitrogens with one attached hydrogen (secondary N) is 2. The quantitative estimate of drug-likeness (QED) is 0.850. The highest BCUT2D eigenvalue weighted by Gasteiger charge is 2.14. The number of fused-ring (bicyclic) bond motifs is 1. The van der Waals surface area contributed by atoms with Crippen LogP contribution in [0, 0.1) is 0 Å². The van der Waals surface area contributed by atoms with Crippen molar-refractivity contribution in [1.82, 2.24) is 5.32 Å². The van der Waals surface area contributed by atoms with Crippen LogP contribution in [0.1, 0.15) is 23.1 Å². The van der Waals surface area contributed by atoms with Gasteiger partial charge >= 0.3 is 0 Å². The van der Waals surface area contributed by atoms with Crippen molar-refractivity contribution in [3.63, 3.8) is 0 Å². The second-order valence-corrected chi connectivity index (χ2v) is 6.17. The fourth-order valence-corrected chi connectivity index (χ4v) is 2.97. The van der Waals surface area contributed by atoms with Gasteiger partial charge in [-0.3, -0.25) is 9.59 Å². The van der Waals surface area contributed by atoms with Crippen LogP contribution in [-0.2, 0) is 28.9 Å². The highest BCUT2D eigenvalue weighted by atomic mass is 16.5. The van der Waals surface area contributed by atoms with Crippen LogP contribution in [0.5, 0.6) is 5.75 Å². The molecule has 0 radical (unpaired) electrons. The largest absolute Gasteiger partial charge is 0.497 e. The number of anilines is 1. The lowest BCUT2D eigenvalue weighted by Gasteiger charge is -2.17. The number of hydrogen-bond acceptors (Lipinski definition) is 3. The second kappa shape index (κ2) is 7.83. The molecule has 2 aromatic rings. The molecule has 0 saturated carbocycles. The molecule has 0 unspecified atom stereocenters. The van der Waals surface area contributed by atoms with Gasteiger partial charge in [-0.2, -0.15) is 0 Å². The fraction of sp³-hybridized carbons (Fsp3) is 0.300. The predicted molar refractivity (Wildman–Crippen MR) is 96.8 cm³/mol. The van der Waals surface area contributed by atoms with E-state index in [0.29, 0.717) is 19.4 Å². The molecule has 130 valence electrons. The van der Waals surface area contributed by atoms with Crippen molar-refractivity contribution in [2.75, 3.05) is 19.0 Å². The third kappa shape index (κ3) is 4.59. The number of aryl methyl sites for hydroxylation is 1. The topological polar surface area (TPSA) is 67.4 Å². The number of amides is 2. The summed E-state index contributed by atoms with van der Waals surface area (Å²) in [5.41, 5.74) is 4.17. The van der Waals surface area contributed by atoms with Crippen molar-refractivity contribution in [1.29, 1.82) is 0 Å².